The second-order valence-electron chi connectivity index (χ2n) is 3.36. The molecule has 1 aliphatic rings. The Morgan fingerprint density at radius 3 is 3.00 bits per heavy atom. The molecule has 1 fully saturated rings. The molecule has 2 rings (SSSR count). The van der Waals surface area contributed by atoms with Crippen molar-refractivity contribution in [3.8, 4) is 0 Å². The van der Waals surface area contributed by atoms with Crippen molar-refractivity contribution in [2.24, 2.45) is 5.92 Å². The van der Waals surface area contributed by atoms with Crippen molar-refractivity contribution in [1.29, 1.82) is 0 Å². The Morgan fingerprint density at radius 1 is 1.62 bits per heavy atom. The summed E-state index contributed by atoms with van der Waals surface area (Å²) in [5.74, 6) is 1.39. The van der Waals surface area contributed by atoms with E-state index in [2.05, 4.69) is 15.1 Å². The topological polar surface area (TPSA) is 29.0 Å². The van der Waals surface area contributed by atoms with Gasteiger partial charge >= 0.3 is 0 Å². The minimum absolute atomic E-state index is 0.630. The van der Waals surface area contributed by atoms with Gasteiger partial charge < -0.3 is 4.90 Å². The fourth-order valence-electron chi connectivity index (χ4n) is 1.55. The highest BCUT2D eigenvalue weighted by atomic mass is 35.5. The van der Waals surface area contributed by atoms with Gasteiger partial charge in [-0.1, -0.05) is 11.3 Å². The highest BCUT2D eigenvalue weighted by Gasteiger charge is 2.23. The summed E-state index contributed by atoms with van der Waals surface area (Å²) in [4.78, 5) is 2.28. The van der Waals surface area contributed by atoms with E-state index in [9.17, 15) is 0 Å². The lowest BCUT2D eigenvalue weighted by Gasteiger charge is -2.12. The van der Waals surface area contributed by atoms with Crippen molar-refractivity contribution in [3.63, 3.8) is 0 Å². The smallest absolute Gasteiger partial charge is 0.208 e. The molecule has 1 atom stereocenters. The van der Waals surface area contributed by atoms with Gasteiger partial charge in [0.1, 0.15) is 5.01 Å². The van der Waals surface area contributed by atoms with E-state index in [0.717, 1.165) is 29.1 Å². The second kappa shape index (κ2) is 3.80. The van der Waals surface area contributed by atoms with E-state index >= 15 is 0 Å². The van der Waals surface area contributed by atoms with Gasteiger partial charge in [0.15, 0.2) is 0 Å². The Hall–Kier alpha value is -0.350. The van der Waals surface area contributed by atoms with Gasteiger partial charge in [-0.15, -0.1) is 21.8 Å². The molecule has 3 nitrogen and oxygen atoms in total. The molecule has 0 amide bonds. The van der Waals surface area contributed by atoms with E-state index in [0.29, 0.717) is 5.92 Å². The van der Waals surface area contributed by atoms with Crippen LogP contribution in [-0.4, -0.2) is 29.2 Å². The van der Waals surface area contributed by atoms with E-state index in [-0.39, 0.29) is 0 Å². The first-order valence-electron chi connectivity index (χ1n) is 4.40. The molecule has 13 heavy (non-hydrogen) atoms. The lowest BCUT2D eigenvalue weighted by atomic mass is 10.2. The van der Waals surface area contributed by atoms with E-state index in [4.69, 9.17) is 11.6 Å². The SMILES string of the molecule is Cc1nnc(N2CCC(CCl)C2)s1. The fraction of sp³-hybridized carbons (Fsp3) is 0.750. The average Bonchev–Trinajstić information content (AvgIpc) is 2.71. The number of halogens is 1. The van der Waals surface area contributed by atoms with Gasteiger partial charge in [-0.2, -0.15) is 0 Å². The average molecular weight is 218 g/mol. The molecule has 1 aromatic rings. The Labute approximate surface area is 86.7 Å². The van der Waals surface area contributed by atoms with Crippen molar-refractivity contribution >= 4 is 28.1 Å². The predicted octanol–water partition coefficient (Wildman–Crippen LogP) is 1.91. The fourth-order valence-corrected chi connectivity index (χ4v) is 2.52. The Balaban J connectivity index is 2.03. The van der Waals surface area contributed by atoms with Gasteiger partial charge in [0.05, 0.1) is 0 Å². The van der Waals surface area contributed by atoms with Crippen molar-refractivity contribution in [1.82, 2.24) is 10.2 Å². The maximum absolute atomic E-state index is 5.81. The first-order valence-corrected chi connectivity index (χ1v) is 5.75. The molecule has 0 saturated carbocycles. The lowest BCUT2D eigenvalue weighted by Crippen LogP contribution is -2.19. The van der Waals surface area contributed by atoms with E-state index in [1.165, 1.54) is 6.42 Å². The van der Waals surface area contributed by atoms with E-state index in [1.807, 2.05) is 6.92 Å². The van der Waals surface area contributed by atoms with Crippen LogP contribution in [-0.2, 0) is 0 Å². The standard InChI is InChI=1S/C8H12ClN3S/c1-6-10-11-8(13-6)12-3-2-7(4-9)5-12/h7H,2-5H2,1H3. The van der Waals surface area contributed by atoms with Crippen LogP contribution in [0.4, 0.5) is 5.13 Å². The number of aromatic nitrogens is 2. The van der Waals surface area contributed by atoms with Crippen LogP contribution in [0.3, 0.4) is 0 Å². The van der Waals surface area contributed by atoms with E-state index < -0.39 is 0 Å². The molecular weight excluding hydrogens is 206 g/mol. The van der Waals surface area contributed by atoms with Crippen LogP contribution in [0.15, 0.2) is 0 Å². The van der Waals surface area contributed by atoms with Crippen LogP contribution in [0.2, 0.25) is 0 Å². The van der Waals surface area contributed by atoms with Gasteiger partial charge in [0.25, 0.3) is 0 Å². The third kappa shape index (κ3) is 1.94. The second-order valence-corrected chi connectivity index (χ2v) is 4.83. The maximum atomic E-state index is 5.81. The summed E-state index contributed by atoms with van der Waals surface area (Å²) in [6.07, 6.45) is 1.18. The lowest BCUT2D eigenvalue weighted by molar-refractivity contribution is 0.666. The van der Waals surface area contributed by atoms with Crippen LogP contribution in [0.25, 0.3) is 0 Å². The minimum atomic E-state index is 0.630. The molecule has 0 radical (unpaired) electrons. The molecule has 1 aromatic heterocycles. The summed E-state index contributed by atoms with van der Waals surface area (Å²) in [6.45, 7) is 4.10. The van der Waals surface area contributed by atoms with Crippen LogP contribution in [0.5, 0.6) is 0 Å². The zero-order valence-corrected chi connectivity index (χ0v) is 9.11. The number of hydrogen-bond acceptors (Lipinski definition) is 4. The molecule has 2 heterocycles. The Kier molecular flexibility index (Phi) is 2.69. The first-order chi connectivity index (χ1) is 6.29. The van der Waals surface area contributed by atoms with Crippen LogP contribution in [0.1, 0.15) is 11.4 Å². The van der Waals surface area contributed by atoms with Gasteiger partial charge in [-0.05, 0) is 19.3 Å². The summed E-state index contributed by atoms with van der Waals surface area (Å²) in [7, 11) is 0. The number of aryl methyl sites for hydroxylation is 1. The molecular formula is C8H12ClN3S. The summed E-state index contributed by atoms with van der Waals surface area (Å²) >= 11 is 7.46. The summed E-state index contributed by atoms with van der Waals surface area (Å²) < 4.78 is 0. The van der Waals surface area contributed by atoms with Gasteiger partial charge in [0.2, 0.25) is 5.13 Å². The third-order valence-electron chi connectivity index (χ3n) is 2.29. The number of nitrogens with zero attached hydrogens (tertiary/aromatic N) is 3. The van der Waals surface area contributed by atoms with Crippen molar-refractivity contribution in [2.75, 3.05) is 23.9 Å². The van der Waals surface area contributed by atoms with Crippen molar-refractivity contribution < 1.29 is 0 Å². The third-order valence-corrected chi connectivity index (χ3v) is 3.63. The molecule has 0 N–H and O–H groups in total. The summed E-state index contributed by atoms with van der Waals surface area (Å²) in [5, 5.41) is 10.2. The number of hydrogen-bond donors (Lipinski definition) is 0. The molecule has 72 valence electrons. The molecule has 0 bridgehead atoms. The van der Waals surface area contributed by atoms with Crippen LogP contribution >= 0.6 is 22.9 Å². The molecule has 1 aliphatic heterocycles. The highest BCUT2D eigenvalue weighted by molar-refractivity contribution is 7.15. The van der Waals surface area contributed by atoms with Crippen molar-refractivity contribution in [3.05, 3.63) is 5.01 Å². The van der Waals surface area contributed by atoms with Gasteiger partial charge in [-0.25, -0.2) is 0 Å². The molecule has 1 unspecified atom stereocenters. The number of alkyl halides is 1. The minimum Gasteiger partial charge on any atom is -0.346 e. The summed E-state index contributed by atoms with van der Waals surface area (Å²) in [5.41, 5.74) is 0. The summed E-state index contributed by atoms with van der Waals surface area (Å²) in [6, 6.07) is 0. The Bertz CT molecular complexity index is 289. The highest BCUT2D eigenvalue weighted by Crippen LogP contribution is 2.26. The van der Waals surface area contributed by atoms with Crippen LogP contribution in [0, 0.1) is 12.8 Å². The molecule has 5 heteroatoms. The normalized spacial score (nSPS) is 22.6. The largest absolute Gasteiger partial charge is 0.346 e. The molecule has 0 spiro atoms. The van der Waals surface area contributed by atoms with Crippen LogP contribution < -0.4 is 4.90 Å². The molecule has 1 saturated heterocycles. The molecule has 0 aromatic carbocycles. The number of anilines is 1. The zero-order valence-electron chi connectivity index (χ0n) is 7.53. The number of rotatable bonds is 2. The Morgan fingerprint density at radius 2 is 2.46 bits per heavy atom. The van der Waals surface area contributed by atoms with Crippen molar-refractivity contribution in [2.45, 2.75) is 13.3 Å². The first kappa shape index (κ1) is 9.21. The maximum Gasteiger partial charge on any atom is 0.208 e. The van der Waals surface area contributed by atoms with E-state index in [1.54, 1.807) is 11.3 Å². The predicted molar refractivity (Wildman–Crippen MR) is 55.7 cm³/mol. The van der Waals surface area contributed by atoms with Gasteiger partial charge in [0, 0.05) is 19.0 Å². The monoisotopic (exact) mass is 217 g/mol. The van der Waals surface area contributed by atoms with Gasteiger partial charge in [-0.3, -0.25) is 0 Å². The molecule has 0 aliphatic carbocycles. The quantitative estimate of drug-likeness (QED) is 0.709. The zero-order chi connectivity index (χ0) is 9.26.